The van der Waals surface area contributed by atoms with Crippen molar-refractivity contribution in [2.45, 2.75) is 30.8 Å². The summed E-state index contributed by atoms with van der Waals surface area (Å²) in [5.74, 6) is 0. The summed E-state index contributed by atoms with van der Waals surface area (Å²) in [4.78, 5) is 0. The summed E-state index contributed by atoms with van der Waals surface area (Å²) in [5, 5.41) is 2.39. The Balaban J connectivity index is 1.79. The minimum Gasteiger partial charge on any atom is -0.247 e. The summed E-state index contributed by atoms with van der Waals surface area (Å²) >= 11 is 0. The maximum atomic E-state index is 3.83. The molecule has 0 bridgehead atoms. The first-order valence-electron chi connectivity index (χ1n) is 6.04. The topological polar surface area (TPSA) is 15.3 Å². The Morgan fingerprint density at radius 1 is 1.38 bits per heavy atom. The van der Waals surface area contributed by atoms with Gasteiger partial charge in [-0.15, -0.1) is 6.58 Å². The lowest BCUT2D eigenvalue weighted by atomic mass is 10.0. The van der Waals surface area contributed by atoms with Crippen LogP contribution < -0.4 is 5.43 Å². The molecular formula is C14H18N2. The fourth-order valence-corrected chi connectivity index (χ4v) is 2.73. The van der Waals surface area contributed by atoms with Crippen LogP contribution in [0.4, 0.5) is 0 Å². The highest BCUT2D eigenvalue weighted by Gasteiger charge is 2.53. The largest absolute Gasteiger partial charge is 0.247 e. The predicted octanol–water partition coefficient (Wildman–Crippen LogP) is 2.66. The second-order valence-corrected chi connectivity index (χ2v) is 4.92. The van der Waals surface area contributed by atoms with Gasteiger partial charge in [-0.2, -0.15) is 0 Å². The fraction of sp³-hybridized carbons (Fsp3) is 0.429. The van der Waals surface area contributed by atoms with Crippen molar-refractivity contribution in [1.82, 2.24) is 10.4 Å². The molecule has 3 rings (SSSR count). The highest BCUT2D eigenvalue weighted by Crippen LogP contribution is 2.51. The van der Waals surface area contributed by atoms with Crippen molar-refractivity contribution in [3.63, 3.8) is 0 Å². The maximum absolute atomic E-state index is 3.83. The molecule has 2 aliphatic rings. The van der Waals surface area contributed by atoms with Gasteiger partial charge in [0.1, 0.15) is 0 Å². The molecule has 2 fully saturated rings. The second kappa shape index (κ2) is 3.72. The van der Waals surface area contributed by atoms with E-state index >= 15 is 0 Å². The third kappa shape index (κ3) is 1.58. The summed E-state index contributed by atoms with van der Waals surface area (Å²) in [6.45, 7) is 4.78. The van der Waals surface area contributed by atoms with E-state index in [2.05, 4.69) is 47.3 Å². The van der Waals surface area contributed by atoms with Crippen molar-refractivity contribution in [3.05, 3.63) is 48.6 Å². The molecule has 84 valence electrons. The molecule has 1 aliphatic carbocycles. The first kappa shape index (κ1) is 10.1. The van der Waals surface area contributed by atoms with E-state index in [4.69, 9.17) is 0 Å². The van der Waals surface area contributed by atoms with Crippen LogP contribution in [0.15, 0.2) is 43.0 Å². The van der Waals surface area contributed by atoms with Crippen LogP contribution in [-0.2, 0) is 0 Å². The van der Waals surface area contributed by atoms with Crippen molar-refractivity contribution >= 4 is 0 Å². The Bertz CT molecular complexity index is 381. The highest BCUT2D eigenvalue weighted by atomic mass is 15.6. The standard InChI is InChI=1S/C14H18N2/c1-2-10-16-14(8-9-14)11-13(15-16)12-6-4-3-5-7-12/h2-7,13,15H,1,8-11H2. The molecule has 1 aromatic carbocycles. The molecule has 16 heavy (non-hydrogen) atoms. The first-order valence-corrected chi connectivity index (χ1v) is 6.04. The van der Waals surface area contributed by atoms with Gasteiger partial charge in [0.15, 0.2) is 0 Å². The second-order valence-electron chi connectivity index (χ2n) is 4.92. The number of benzene rings is 1. The number of nitrogens with zero attached hydrogens (tertiary/aromatic N) is 1. The molecule has 2 heteroatoms. The third-order valence-corrected chi connectivity index (χ3v) is 3.81. The average molecular weight is 214 g/mol. The van der Waals surface area contributed by atoms with Gasteiger partial charge in [-0.1, -0.05) is 36.4 Å². The zero-order valence-electron chi connectivity index (χ0n) is 9.52. The Morgan fingerprint density at radius 2 is 2.12 bits per heavy atom. The van der Waals surface area contributed by atoms with Crippen LogP contribution in [0, 0.1) is 0 Å². The monoisotopic (exact) mass is 214 g/mol. The minimum atomic E-state index is 0.439. The molecule has 1 saturated carbocycles. The van der Waals surface area contributed by atoms with Gasteiger partial charge in [-0.25, -0.2) is 10.4 Å². The van der Waals surface area contributed by atoms with Gasteiger partial charge >= 0.3 is 0 Å². The van der Waals surface area contributed by atoms with Gasteiger partial charge < -0.3 is 0 Å². The number of rotatable bonds is 3. The molecule has 1 N–H and O–H groups in total. The first-order chi connectivity index (χ1) is 7.84. The molecule has 1 unspecified atom stereocenters. The van der Waals surface area contributed by atoms with Gasteiger partial charge in [0.25, 0.3) is 0 Å². The van der Waals surface area contributed by atoms with Crippen molar-refractivity contribution in [3.8, 4) is 0 Å². The molecular weight excluding hydrogens is 196 g/mol. The van der Waals surface area contributed by atoms with E-state index < -0.39 is 0 Å². The Kier molecular flexibility index (Phi) is 2.34. The molecule has 1 atom stereocenters. The van der Waals surface area contributed by atoms with Gasteiger partial charge in [0, 0.05) is 18.1 Å². The van der Waals surface area contributed by atoms with Crippen LogP contribution in [0.3, 0.4) is 0 Å². The van der Waals surface area contributed by atoms with E-state index in [0.717, 1.165) is 6.54 Å². The minimum absolute atomic E-state index is 0.439. The number of hydrogen-bond donors (Lipinski definition) is 1. The molecule has 2 nitrogen and oxygen atoms in total. The van der Waals surface area contributed by atoms with Crippen LogP contribution >= 0.6 is 0 Å². The van der Waals surface area contributed by atoms with Crippen molar-refractivity contribution in [1.29, 1.82) is 0 Å². The Hall–Kier alpha value is -1.12. The zero-order valence-corrected chi connectivity index (χ0v) is 9.52. The zero-order chi connectivity index (χ0) is 11.0. The number of hydrogen-bond acceptors (Lipinski definition) is 2. The van der Waals surface area contributed by atoms with Crippen LogP contribution in [0.1, 0.15) is 30.9 Å². The summed E-state index contributed by atoms with van der Waals surface area (Å²) in [7, 11) is 0. The molecule has 0 amide bonds. The van der Waals surface area contributed by atoms with Crippen LogP contribution in [0.2, 0.25) is 0 Å². The molecule has 0 aromatic heterocycles. The van der Waals surface area contributed by atoms with Crippen molar-refractivity contribution in [2.75, 3.05) is 6.54 Å². The molecule has 0 radical (unpaired) electrons. The summed E-state index contributed by atoms with van der Waals surface area (Å²) in [5.41, 5.74) is 5.47. The van der Waals surface area contributed by atoms with E-state index in [-0.39, 0.29) is 0 Å². The highest BCUT2D eigenvalue weighted by molar-refractivity contribution is 5.23. The normalized spacial score (nSPS) is 27.1. The summed E-state index contributed by atoms with van der Waals surface area (Å²) in [6.07, 6.45) is 5.89. The van der Waals surface area contributed by atoms with Gasteiger partial charge in [-0.3, -0.25) is 0 Å². The SMILES string of the molecule is C=CCN1NC(c2ccccc2)CC12CC2. The van der Waals surface area contributed by atoms with E-state index in [1.807, 2.05) is 6.08 Å². The van der Waals surface area contributed by atoms with E-state index in [1.165, 1.54) is 24.8 Å². The summed E-state index contributed by atoms with van der Waals surface area (Å²) in [6, 6.07) is 11.2. The lowest BCUT2D eigenvalue weighted by molar-refractivity contribution is 0.185. The van der Waals surface area contributed by atoms with Crippen LogP contribution in [0.25, 0.3) is 0 Å². The molecule has 1 aromatic rings. The van der Waals surface area contributed by atoms with E-state index in [1.54, 1.807) is 0 Å². The molecule has 1 heterocycles. The summed E-state index contributed by atoms with van der Waals surface area (Å²) < 4.78 is 0. The third-order valence-electron chi connectivity index (χ3n) is 3.81. The van der Waals surface area contributed by atoms with E-state index in [9.17, 15) is 0 Å². The maximum Gasteiger partial charge on any atom is 0.0483 e. The number of hydrazine groups is 1. The fourth-order valence-electron chi connectivity index (χ4n) is 2.73. The van der Waals surface area contributed by atoms with Crippen LogP contribution in [-0.4, -0.2) is 17.1 Å². The molecule has 1 aliphatic heterocycles. The van der Waals surface area contributed by atoms with Gasteiger partial charge in [-0.05, 0) is 24.8 Å². The Labute approximate surface area is 96.9 Å². The number of nitrogens with one attached hydrogen (secondary N) is 1. The van der Waals surface area contributed by atoms with Gasteiger partial charge in [0.2, 0.25) is 0 Å². The smallest absolute Gasteiger partial charge is 0.0483 e. The van der Waals surface area contributed by atoms with Crippen LogP contribution in [0.5, 0.6) is 0 Å². The van der Waals surface area contributed by atoms with Crippen molar-refractivity contribution < 1.29 is 0 Å². The Morgan fingerprint density at radius 3 is 2.75 bits per heavy atom. The lowest BCUT2D eigenvalue weighted by Crippen LogP contribution is -2.39. The predicted molar refractivity (Wildman–Crippen MR) is 65.8 cm³/mol. The molecule has 1 spiro atoms. The van der Waals surface area contributed by atoms with Crippen molar-refractivity contribution in [2.24, 2.45) is 0 Å². The quantitative estimate of drug-likeness (QED) is 0.778. The van der Waals surface area contributed by atoms with E-state index in [0.29, 0.717) is 11.6 Å². The lowest BCUT2D eigenvalue weighted by Gasteiger charge is -2.21. The average Bonchev–Trinajstić information content (AvgIpc) is 3.00. The molecule has 1 saturated heterocycles. The van der Waals surface area contributed by atoms with Gasteiger partial charge in [0.05, 0.1) is 0 Å².